The van der Waals surface area contributed by atoms with Crippen LogP contribution in [0.2, 0.25) is 0 Å². The standard InChI is InChI=1S/C13H25NO4/c1-4-14-13(11-6-7-11,12(15)17-3)10-18-9-5-8-16-2/h11,14H,4-10H2,1-3H3. The fourth-order valence-electron chi connectivity index (χ4n) is 2.22. The summed E-state index contributed by atoms with van der Waals surface area (Å²) >= 11 is 0. The Balaban J connectivity index is 2.50. The summed E-state index contributed by atoms with van der Waals surface area (Å²) in [5, 5.41) is 3.27. The van der Waals surface area contributed by atoms with Crippen molar-refractivity contribution in [3.63, 3.8) is 0 Å². The molecule has 0 aromatic carbocycles. The number of esters is 1. The lowest BCUT2D eigenvalue weighted by atomic mass is 9.94. The smallest absolute Gasteiger partial charge is 0.328 e. The summed E-state index contributed by atoms with van der Waals surface area (Å²) in [6, 6.07) is 0. The highest BCUT2D eigenvalue weighted by atomic mass is 16.5. The van der Waals surface area contributed by atoms with E-state index in [1.54, 1.807) is 7.11 Å². The fourth-order valence-corrected chi connectivity index (χ4v) is 2.22. The SMILES string of the molecule is CCNC(COCCCOC)(C(=O)OC)C1CC1. The Labute approximate surface area is 109 Å². The maximum atomic E-state index is 12.0. The Morgan fingerprint density at radius 3 is 2.56 bits per heavy atom. The molecule has 0 bridgehead atoms. The maximum Gasteiger partial charge on any atom is 0.328 e. The van der Waals surface area contributed by atoms with Gasteiger partial charge in [0.05, 0.1) is 13.7 Å². The van der Waals surface area contributed by atoms with E-state index in [4.69, 9.17) is 14.2 Å². The van der Waals surface area contributed by atoms with Crippen molar-refractivity contribution in [2.24, 2.45) is 5.92 Å². The van der Waals surface area contributed by atoms with Crippen LogP contribution in [0.1, 0.15) is 26.2 Å². The molecule has 1 fully saturated rings. The van der Waals surface area contributed by atoms with Crippen molar-refractivity contribution >= 4 is 5.97 Å². The number of likely N-dealkylation sites (N-methyl/N-ethyl adjacent to an activating group) is 1. The molecule has 18 heavy (non-hydrogen) atoms. The van der Waals surface area contributed by atoms with Crippen LogP contribution < -0.4 is 5.32 Å². The van der Waals surface area contributed by atoms with Crippen LogP contribution in [0.5, 0.6) is 0 Å². The van der Waals surface area contributed by atoms with Crippen molar-refractivity contribution in [1.82, 2.24) is 5.32 Å². The van der Waals surface area contributed by atoms with Gasteiger partial charge in [0.1, 0.15) is 5.54 Å². The summed E-state index contributed by atoms with van der Waals surface area (Å²) < 4.78 is 15.5. The van der Waals surface area contributed by atoms with E-state index in [1.165, 1.54) is 7.11 Å². The van der Waals surface area contributed by atoms with E-state index in [0.717, 1.165) is 25.8 Å². The molecular formula is C13H25NO4. The van der Waals surface area contributed by atoms with E-state index >= 15 is 0 Å². The van der Waals surface area contributed by atoms with E-state index in [1.807, 2.05) is 6.92 Å². The number of methoxy groups -OCH3 is 2. The van der Waals surface area contributed by atoms with E-state index < -0.39 is 5.54 Å². The highest BCUT2D eigenvalue weighted by Crippen LogP contribution is 2.40. The summed E-state index contributed by atoms with van der Waals surface area (Å²) in [4.78, 5) is 12.0. The lowest BCUT2D eigenvalue weighted by Gasteiger charge is -2.31. The van der Waals surface area contributed by atoms with Crippen molar-refractivity contribution in [3.05, 3.63) is 0 Å². The van der Waals surface area contributed by atoms with Crippen LogP contribution >= 0.6 is 0 Å². The molecule has 0 radical (unpaired) electrons. The number of hydrogen-bond donors (Lipinski definition) is 1. The molecule has 0 aliphatic heterocycles. The number of carbonyl (C=O) groups is 1. The first-order chi connectivity index (χ1) is 8.71. The van der Waals surface area contributed by atoms with Gasteiger partial charge in [-0.15, -0.1) is 0 Å². The number of rotatable bonds is 10. The molecule has 0 saturated heterocycles. The average Bonchev–Trinajstić information content (AvgIpc) is 3.21. The average molecular weight is 259 g/mol. The van der Waals surface area contributed by atoms with Gasteiger partial charge in [-0.05, 0) is 31.7 Å². The molecule has 1 unspecified atom stereocenters. The molecule has 1 saturated carbocycles. The topological polar surface area (TPSA) is 56.8 Å². The van der Waals surface area contributed by atoms with Gasteiger partial charge in [0.2, 0.25) is 0 Å². The van der Waals surface area contributed by atoms with Crippen LogP contribution in [0, 0.1) is 5.92 Å². The molecule has 5 heteroatoms. The maximum absolute atomic E-state index is 12.0. The predicted octanol–water partition coefficient (Wildman–Crippen LogP) is 0.971. The van der Waals surface area contributed by atoms with Crippen LogP contribution in [0.3, 0.4) is 0 Å². The predicted molar refractivity (Wildman–Crippen MR) is 68.5 cm³/mol. The second kappa shape index (κ2) is 7.71. The second-order valence-corrected chi connectivity index (χ2v) is 4.67. The molecule has 0 aromatic heterocycles. The van der Waals surface area contributed by atoms with Gasteiger partial charge in [-0.2, -0.15) is 0 Å². The molecule has 5 nitrogen and oxygen atoms in total. The third-order valence-electron chi connectivity index (χ3n) is 3.28. The first-order valence-corrected chi connectivity index (χ1v) is 6.61. The molecular weight excluding hydrogens is 234 g/mol. The molecule has 0 heterocycles. The third kappa shape index (κ3) is 3.93. The first kappa shape index (κ1) is 15.4. The summed E-state index contributed by atoms with van der Waals surface area (Å²) in [5.74, 6) is 0.130. The largest absolute Gasteiger partial charge is 0.468 e. The quantitative estimate of drug-likeness (QED) is 0.468. The van der Waals surface area contributed by atoms with Gasteiger partial charge in [0.15, 0.2) is 0 Å². The van der Waals surface area contributed by atoms with Crippen molar-refractivity contribution in [3.8, 4) is 0 Å². The Kier molecular flexibility index (Phi) is 6.60. The van der Waals surface area contributed by atoms with Crippen molar-refractivity contribution in [2.75, 3.05) is 40.6 Å². The normalized spacial score (nSPS) is 18.4. The lowest BCUT2D eigenvalue weighted by molar-refractivity contribution is -0.153. The van der Waals surface area contributed by atoms with Crippen LogP contribution in [0.15, 0.2) is 0 Å². The third-order valence-corrected chi connectivity index (χ3v) is 3.28. The van der Waals surface area contributed by atoms with Crippen LogP contribution in [0.25, 0.3) is 0 Å². The number of ether oxygens (including phenoxy) is 3. The number of carbonyl (C=O) groups excluding carboxylic acids is 1. The van der Waals surface area contributed by atoms with E-state index in [-0.39, 0.29) is 5.97 Å². The fraction of sp³-hybridized carbons (Fsp3) is 0.923. The molecule has 1 N–H and O–H groups in total. The lowest BCUT2D eigenvalue weighted by Crippen LogP contribution is -2.58. The first-order valence-electron chi connectivity index (χ1n) is 6.61. The molecule has 1 aliphatic carbocycles. The van der Waals surface area contributed by atoms with Crippen LogP contribution in [-0.4, -0.2) is 52.1 Å². The monoisotopic (exact) mass is 259 g/mol. The zero-order valence-corrected chi connectivity index (χ0v) is 11.7. The number of hydrogen-bond acceptors (Lipinski definition) is 5. The highest BCUT2D eigenvalue weighted by Gasteiger charge is 2.51. The molecule has 1 rings (SSSR count). The molecule has 106 valence electrons. The van der Waals surface area contributed by atoms with Gasteiger partial charge in [0, 0.05) is 20.3 Å². The van der Waals surface area contributed by atoms with Gasteiger partial charge in [0.25, 0.3) is 0 Å². The van der Waals surface area contributed by atoms with Gasteiger partial charge in [-0.1, -0.05) is 6.92 Å². The Morgan fingerprint density at radius 2 is 2.06 bits per heavy atom. The van der Waals surface area contributed by atoms with Gasteiger partial charge < -0.3 is 14.2 Å². The molecule has 1 atom stereocenters. The second-order valence-electron chi connectivity index (χ2n) is 4.67. The van der Waals surface area contributed by atoms with Crippen LogP contribution in [0.4, 0.5) is 0 Å². The summed E-state index contributed by atoms with van der Waals surface area (Å²) in [6.07, 6.45) is 2.96. The Morgan fingerprint density at radius 1 is 1.33 bits per heavy atom. The van der Waals surface area contributed by atoms with E-state index in [2.05, 4.69) is 5.32 Å². The summed E-state index contributed by atoms with van der Waals surface area (Å²) in [5.41, 5.74) is -0.656. The van der Waals surface area contributed by atoms with E-state index in [9.17, 15) is 4.79 Å². The Hall–Kier alpha value is -0.650. The summed E-state index contributed by atoms with van der Waals surface area (Å²) in [7, 11) is 3.10. The molecule has 0 spiro atoms. The Bertz CT molecular complexity index is 255. The highest BCUT2D eigenvalue weighted by molar-refractivity contribution is 5.82. The van der Waals surface area contributed by atoms with Gasteiger partial charge in [-0.25, -0.2) is 4.79 Å². The van der Waals surface area contributed by atoms with Crippen LogP contribution in [-0.2, 0) is 19.0 Å². The summed E-state index contributed by atoms with van der Waals surface area (Å²) in [6.45, 7) is 4.38. The van der Waals surface area contributed by atoms with Crippen molar-refractivity contribution in [2.45, 2.75) is 31.7 Å². The zero-order chi connectivity index (χ0) is 13.4. The molecule has 1 aliphatic rings. The van der Waals surface area contributed by atoms with E-state index in [0.29, 0.717) is 25.7 Å². The minimum absolute atomic E-state index is 0.210. The van der Waals surface area contributed by atoms with Gasteiger partial charge in [-0.3, -0.25) is 5.32 Å². The van der Waals surface area contributed by atoms with Crippen molar-refractivity contribution in [1.29, 1.82) is 0 Å². The zero-order valence-electron chi connectivity index (χ0n) is 11.7. The van der Waals surface area contributed by atoms with Gasteiger partial charge >= 0.3 is 5.97 Å². The number of nitrogens with one attached hydrogen (secondary N) is 1. The molecule has 0 amide bonds. The minimum atomic E-state index is -0.656. The molecule has 0 aromatic rings. The minimum Gasteiger partial charge on any atom is -0.468 e. The van der Waals surface area contributed by atoms with Crippen molar-refractivity contribution < 1.29 is 19.0 Å².